The smallest absolute Gasteiger partial charge is 0.207 e. The van der Waals surface area contributed by atoms with Gasteiger partial charge in [-0.25, -0.2) is 0 Å². The molecule has 0 aromatic heterocycles. The fraction of sp³-hybridized carbons (Fsp3) is 0. The second kappa shape index (κ2) is 6.47. The molecular weight excluding hydrogens is 262 g/mol. The number of nitrogens with one attached hydrogen (secondary N) is 1. The quantitative estimate of drug-likeness (QED) is 0.787. The fourth-order valence-electron chi connectivity index (χ4n) is 2.31. The molecule has 1 N–H and O–H groups in total. The highest BCUT2D eigenvalue weighted by Crippen LogP contribution is 2.03. The van der Waals surface area contributed by atoms with Crippen molar-refractivity contribution in [3.63, 3.8) is 0 Å². The van der Waals surface area contributed by atoms with E-state index in [0.717, 1.165) is 0 Å². The molecule has 1 nitrogen and oxygen atoms in total. The Morgan fingerprint density at radius 1 is 0.842 bits per heavy atom. The average Bonchev–Trinajstić information content (AvgIpc) is 2.51. The first kappa shape index (κ1) is 13.7. The summed E-state index contributed by atoms with van der Waals surface area (Å²) in [5.74, 6) is 0. The summed E-state index contributed by atoms with van der Waals surface area (Å²) in [5, 5.41) is 2.70. The van der Waals surface area contributed by atoms with Crippen LogP contribution in [0.1, 0.15) is 0 Å². The van der Waals surface area contributed by atoms with Crippen molar-refractivity contribution in [3.05, 3.63) is 85.2 Å². The lowest BCUT2D eigenvalue weighted by Gasteiger charge is -2.30. The van der Waals surface area contributed by atoms with Gasteiger partial charge in [-0.1, -0.05) is 72.1 Å². The van der Waals surface area contributed by atoms with E-state index in [1.54, 1.807) is 0 Å². The van der Waals surface area contributed by atoms with Crippen LogP contribution in [-0.2, 0) is 0 Å². The van der Waals surface area contributed by atoms with E-state index in [2.05, 4.69) is 84.2 Å². The Labute approximate surface area is 118 Å². The molecule has 0 saturated carbocycles. The molecule has 0 amide bonds. The van der Waals surface area contributed by atoms with Gasteiger partial charge in [0, 0.05) is 0 Å². The lowest BCUT2D eigenvalue weighted by Crippen LogP contribution is -2.68. The molecule has 0 aliphatic carbocycles. The lowest BCUT2D eigenvalue weighted by atomic mass is 10.4. The van der Waals surface area contributed by atoms with E-state index in [-0.39, 0.29) is 0 Å². The topological polar surface area (TPSA) is 12.0 Å². The van der Waals surface area contributed by atoms with Crippen molar-refractivity contribution in [2.45, 2.75) is 0 Å². The summed E-state index contributed by atoms with van der Waals surface area (Å²) < 4.78 is 3.81. The highest BCUT2D eigenvalue weighted by atomic mass is 28.4. The van der Waals surface area contributed by atoms with E-state index in [1.807, 2.05) is 5.70 Å². The Hall–Kier alpha value is -1.69. The van der Waals surface area contributed by atoms with Gasteiger partial charge in [-0.2, -0.15) is 0 Å². The Morgan fingerprint density at radius 3 is 1.68 bits per heavy atom. The molecule has 0 heterocycles. The van der Waals surface area contributed by atoms with E-state index in [0.29, 0.717) is 0 Å². The van der Waals surface area contributed by atoms with Gasteiger partial charge in [-0.15, -0.1) is 13.2 Å². The van der Waals surface area contributed by atoms with Gasteiger partial charge in [-0.3, -0.25) is 0 Å². The van der Waals surface area contributed by atoms with Crippen LogP contribution in [0.4, 0.5) is 0 Å². The molecule has 0 saturated heterocycles. The summed E-state index contributed by atoms with van der Waals surface area (Å²) in [4.78, 5) is 0. The highest BCUT2D eigenvalue weighted by Gasteiger charge is 2.33. The molecule has 3 heteroatoms. The third-order valence-electron chi connectivity index (χ3n) is 3.29. The zero-order chi connectivity index (χ0) is 13.6. The van der Waals surface area contributed by atoms with Gasteiger partial charge in [-0.05, 0) is 10.4 Å². The summed E-state index contributed by atoms with van der Waals surface area (Å²) in [5.41, 5.74) is 4.17. The molecular formula is C16H19NSi2. The Morgan fingerprint density at radius 2 is 1.32 bits per heavy atom. The van der Waals surface area contributed by atoms with Crippen LogP contribution < -0.4 is 15.0 Å². The van der Waals surface area contributed by atoms with Gasteiger partial charge < -0.3 is 4.65 Å². The van der Waals surface area contributed by atoms with E-state index in [9.17, 15) is 0 Å². The van der Waals surface area contributed by atoms with Gasteiger partial charge in [0.15, 0.2) is 0 Å². The summed E-state index contributed by atoms with van der Waals surface area (Å²) in [7, 11) is -2.51. The van der Waals surface area contributed by atoms with Crippen LogP contribution >= 0.6 is 0 Å². The molecule has 0 atom stereocenters. The summed E-state index contributed by atoms with van der Waals surface area (Å²) in [6.07, 6.45) is 0. The minimum atomic E-state index is -2.04. The maximum atomic E-state index is 4.13. The molecule has 2 aromatic rings. The molecule has 2 rings (SSSR count). The molecule has 0 bridgehead atoms. The van der Waals surface area contributed by atoms with E-state index in [4.69, 9.17) is 0 Å². The van der Waals surface area contributed by atoms with Crippen LogP contribution in [-0.4, -0.2) is 17.9 Å². The molecule has 96 valence electrons. The zero-order valence-electron chi connectivity index (χ0n) is 11.0. The van der Waals surface area contributed by atoms with Crippen LogP contribution in [0.5, 0.6) is 0 Å². The maximum Gasteiger partial charge on any atom is 0.207 e. The number of benzene rings is 2. The number of hydrogen-bond donors (Lipinski definition) is 1. The largest absolute Gasteiger partial charge is 0.351 e. The molecule has 0 aliphatic heterocycles. The van der Waals surface area contributed by atoms with Crippen molar-refractivity contribution in [1.29, 1.82) is 0 Å². The van der Waals surface area contributed by atoms with E-state index in [1.165, 1.54) is 10.4 Å². The molecule has 0 fully saturated rings. The minimum Gasteiger partial charge on any atom is -0.351 e. The third-order valence-corrected chi connectivity index (χ3v) is 9.73. The van der Waals surface area contributed by atoms with Gasteiger partial charge in [0.2, 0.25) is 8.24 Å². The van der Waals surface area contributed by atoms with Crippen molar-refractivity contribution >= 4 is 28.3 Å². The van der Waals surface area contributed by atoms with Crippen molar-refractivity contribution < 1.29 is 0 Å². The fourth-order valence-corrected chi connectivity index (χ4v) is 8.63. The SMILES string of the molecule is C=C[SiH2]N[Si](C=C)(c1ccccc1)c1ccccc1. The van der Waals surface area contributed by atoms with Crippen molar-refractivity contribution in [2.24, 2.45) is 0 Å². The molecule has 2 aromatic carbocycles. The second-order valence-electron chi connectivity index (χ2n) is 4.41. The van der Waals surface area contributed by atoms with Gasteiger partial charge in [0.25, 0.3) is 0 Å². The molecule has 0 radical (unpaired) electrons. The van der Waals surface area contributed by atoms with Crippen LogP contribution in [0, 0.1) is 0 Å². The van der Waals surface area contributed by atoms with Crippen LogP contribution in [0.2, 0.25) is 0 Å². The normalized spacial score (nSPS) is 11.6. The van der Waals surface area contributed by atoms with Gasteiger partial charge in [0.05, 0.1) is 0 Å². The Balaban J connectivity index is 2.54. The van der Waals surface area contributed by atoms with Crippen LogP contribution in [0.15, 0.2) is 85.2 Å². The Bertz CT molecular complexity index is 498. The Kier molecular flexibility index (Phi) is 4.68. The zero-order valence-corrected chi connectivity index (χ0v) is 13.5. The highest BCUT2D eigenvalue weighted by molar-refractivity contribution is 7.06. The maximum absolute atomic E-state index is 4.13. The summed E-state index contributed by atoms with van der Waals surface area (Å²) in [6.45, 7) is 8.00. The summed E-state index contributed by atoms with van der Waals surface area (Å²) >= 11 is 0. The van der Waals surface area contributed by atoms with Crippen molar-refractivity contribution in [2.75, 3.05) is 0 Å². The third kappa shape index (κ3) is 2.84. The van der Waals surface area contributed by atoms with Crippen LogP contribution in [0.25, 0.3) is 0 Å². The standard InChI is InChI=1S/C16H19NSi2/c1-3-18-17-19(4-2,15-11-7-5-8-12-15)16-13-9-6-10-14-16/h3-14,17H,1-2,18H2. The predicted molar refractivity (Wildman–Crippen MR) is 90.0 cm³/mol. The lowest BCUT2D eigenvalue weighted by molar-refractivity contribution is 1.49. The molecule has 0 spiro atoms. The van der Waals surface area contributed by atoms with Gasteiger partial charge >= 0.3 is 0 Å². The molecule has 0 aliphatic rings. The first-order chi connectivity index (χ1) is 9.33. The van der Waals surface area contributed by atoms with E-state index < -0.39 is 17.9 Å². The first-order valence-electron chi connectivity index (χ1n) is 6.44. The van der Waals surface area contributed by atoms with E-state index >= 15 is 0 Å². The first-order valence-corrected chi connectivity index (χ1v) is 10.0. The van der Waals surface area contributed by atoms with Crippen molar-refractivity contribution in [1.82, 2.24) is 4.65 Å². The second-order valence-corrected chi connectivity index (χ2v) is 9.99. The van der Waals surface area contributed by atoms with Gasteiger partial charge in [0.1, 0.15) is 9.68 Å². The minimum absolute atomic E-state index is 0.477. The molecule has 19 heavy (non-hydrogen) atoms. The predicted octanol–water partition coefficient (Wildman–Crippen LogP) is 1.29. The molecule has 0 unspecified atom stereocenters. The summed E-state index contributed by atoms with van der Waals surface area (Å²) in [6, 6.07) is 21.3. The number of rotatable bonds is 6. The monoisotopic (exact) mass is 281 g/mol. The van der Waals surface area contributed by atoms with Crippen molar-refractivity contribution in [3.8, 4) is 0 Å². The van der Waals surface area contributed by atoms with Crippen LogP contribution in [0.3, 0.4) is 0 Å². The average molecular weight is 282 g/mol. The number of hydrogen-bond acceptors (Lipinski definition) is 1.